The second-order valence-electron chi connectivity index (χ2n) is 3.63. The third-order valence-corrected chi connectivity index (χ3v) is 3.54. The molecule has 0 bridgehead atoms. The zero-order valence-electron chi connectivity index (χ0n) is 8.73. The molecule has 0 fully saturated rings. The Morgan fingerprint density at radius 1 is 1.40 bits per heavy atom. The number of aryl methyl sites for hydroxylation is 2. The Morgan fingerprint density at radius 2 is 2.13 bits per heavy atom. The third-order valence-electron chi connectivity index (χ3n) is 2.59. The van der Waals surface area contributed by atoms with Crippen LogP contribution in [0.4, 0.5) is 0 Å². The van der Waals surface area contributed by atoms with Crippen molar-refractivity contribution in [2.75, 3.05) is 0 Å². The number of rotatable bonds is 1. The molecular weight excluding hydrogens is 254 g/mol. The lowest BCUT2D eigenvalue weighted by atomic mass is 10.1. The molecule has 0 radical (unpaired) electrons. The van der Waals surface area contributed by atoms with Gasteiger partial charge in [-0.1, -0.05) is 13.0 Å². The van der Waals surface area contributed by atoms with Crippen LogP contribution in [0.5, 0.6) is 0 Å². The summed E-state index contributed by atoms with van der Waals surface area (Å²) in [6.45, 7) is 3.97. The zero-order chi connectivity index (χ0) is 11.0. The topological polar surface area (TPSA) is 32.9 Å². The van der Waals surface area contributed by atoms with Crippen molar-refractivity contribution in [3.8, 4) is 0 Å². The Kier molecular flexibility index (Phi) is 2.65. The minimum atomic E-state index is 0.0663. The molecule has 78 valence electrons. The summed E-state index contributed by atoms with van der Waals surface area (Å²) >= 11 is 3.30. The maximum absolute atomic E-state index is 12.0. The average Bonchev–Trinajstić information content (AvgIpc) is 2.26. The average molecular weight is 266 g/mol. The normalized spacial score (nSPS) is 10.9. The van der Waals surface area contributed by atoms with Crippen LogP contribution < -0.4 is 5.43 Å². The van der Waals surface area contributed by atoms with Crippen LogP contribution in [-0.2, 0) is 6.42 Å². The molecule has 3 heteroatoms. The Morgan fingerprint density at radius 3 is 2.80 bits per heavy atom. The fraction of sp³-hybridized carbons (Fsp3) is 0.250. The van der Waals surface area contributed by atoms with E-state index in [0.29, 0.717) is 4.47 Å². The number of H-pyrrole nitrogens is 1. The summed E-state index contributed by atoms with van der Waals surface area (Å²) in [5.74, 6) is 0. The number of hydrogen-bond acceptors (Lipinski definition) is 1. The largest absolute Gasteiger partial charge is 0.357 e. The molecule has 0 atom stereocenters. The van der Waals surface area contributed by atoms with E-state index in [1.54, 1.807) is 0 Å². The predicted molar refractivity (Wildman–Crippen MR) is 66.4 cm³/mol. The molecule has 1 aromatic carbocycles. The van der Waals surface area contributed by atoms with Crippen molar-refractivity contribution in [1.82, 2.24) is 4.98 Å². The van der Waals surface area contributed by atoms with Gasteiger partial charge >= 0.3 is 0 Å². The zero-order valence-corrected chi connectivity index (χ0v) is 10.3. The molecule has 0 aliphatic rings. The van der Waals surface area contributed by atoms with Gasteiger partial charge in [-0.15, -0.1) is 0 Å². The predicted octanol–water partition coefficient (Wildman–Crippen LogP) is 3.16. The highest BCUT2D eigenvalue weighted by Gasteiger charge is 2.06. The summed E-state index contributed by atoms with van der Waals surface area (Å²) in [7, 11) is 0. The van der Waals surface area contributed by atoms with E-state index in [4.69, 9.17) is 0 Å². The number of benzene rings is 1. The SMILES string of the molecule is CCc1ccc2[nH]c(C)c(Br)c(=O)c2c1. The number of aromatic amines is 1. The van der Waals surface area contributed by atoms with Crippen molar-refractivity contribution >= 4 is 26.8 Å². The Bertz CT molecular complexity index is 572. The van der Waals surface area contributed by atoms with Crippen LogP contribution in [0.2, 0.25) is 0 Å². The van der Waals surface area contributed by atoms with Crippen LogP contribution in [0, 0.1) is 6.92 Å². The molecule has 2 rings (SSSR count). The fourth-order valence-electron chi connectivity index (χ4n) is 1.65. The van der Waals surface area contributed by atoms with Gasteiger partial charge in [0.1, 0.15) is 0 Å². The summed E-state index contributed by atoms with van der Waals surface area (Å²) in [6.07, 6.45) is 0.945. The molecule has 2 aromatic rings. The van der Waals surface area contributed by atoms with Gasteiger partial charge in [0.25, 0.3) is 0 Å². The van der Waals surface area contributed by atoms with Gasteiger partial charge in [0.15, 0.2) is 0 Å². The highest BCUT2D eigenvalue weighted by molar-refractivity contribution is 9.10. The molecular formula is C12H12BrNO. The Balaban J connectivity index is 2.88. The smallest absolute Gasteiger partial charge is 0.203 e. The first-order valence-electron chi connectivity index (χ1n) is 4.94. The molecule has 2 nitrogen and oxygen atoms in total. The van der Waals surface area contributed by atoms with E-state index in [1.807, 2.05) is 25.1 Å². The van der Waals surface area contributed by atoms with Gasteiger partial charge in [0.05, 0.1) is 4.47 Å². The quantitative estimate of drug-likeness (QED) is 0.844. The van der Waals surface area contributed by atoms with Gasteiger partial charge in [0.2, 0.25) is 5.43 Å². The van der Waals surface area contributed by atoms with E-state index >= 15 is 0 Å². The number of pyridine rings is 1. The number of nitrogens with one attached hydrogen (secondary N) is 1. The minimum Gasteiger partial charge on any atom is -0.357 e. The van der Waals surface area contributed by atoms with Gasteiger partial charge in [-0.3, -0.25) is 4.79 Å². The maximum Gasteiger partial charge on any atom is 0.203 e. The van der Waals surface area contributed by atoms with Gasteiger partial charge in [-0.2, -0.15) is 0 Å². The van der Waals surface area contributed by atoms with Crippen molar-refractivity contribution in [3.05, 3.63) is 44.2 Å². The number of fused-ring (bicyclic) bond motifs is 1. The van der Waals surface area contributed by atoms with Crippen molar-refractivity contribution < 1.29 is 0 Å². The standard InChI is InChI=1S/C12H12BrNO/c1-3-8-4-5-10-9(6-8)12(15)11(13)7(2)14-10/h4-6H,3H2,1-2H3,(H,14,15). The first kappa shape index (κ1) is 10.4. The second-order valence-corrected chi connectivity index (χ2v) is 4.42. The fourth-order valence-corrected chi connectivity index (χ4v) is 1.97. The molecule has 0 spiro atoms. The second kappa shape index (κ2) is 3.81. The first-order valence-corrected chi connectivity index (χ1v) is 5.73. The summed E-state index contributed by atoms with van der Waals surface area (Å²) in [5, 5.41) is 0.756. The Hall–Kier alpha value is -1.09. The van der Waals surface area contributed by atoms with Crippen LogP contribution in [-0.4, -0.2) is 4.98 Å². The molecule has 1 heterocycles. The van der Waals surface area contributed by atoms with Crippen LogP contribution in [0.15, 0.2) is 27.5 Å². The molecule has 1 N–H and O–H groups in total. The minimum absolute atomic E-state index is 0.0663. The lowest BCUT2D eigenvalue weighted by molar-refractivity contribution is 1.14. The van der Waals surface area contributed by atoms with E-state index in [9.17, 15) is 4.79 Å². The van der Waals surface area contributed by atoms with Crippen LogP contribution in [0.3, 0.4) is 0 Å². The molecule has 0 aliphatic carbocycles. The van der Waals surface area contributed by atoms with E-state index < -0.39 is 0 Å². The number of halogens is 1. The van der Waals surface area contributed by atoms with Crippen molar-refractivity contribution in [2.24, 2.45) is 0 Å². The summed E-state index contributed by atoms with van der Waals surface area (Å²) in [5.41, 5.74) is 3.02. The van der Waals surface area contributed by atoms with E-state index in [-0.39, 0.29) is 5.43 Å². The van der Waals surface area contributed by atoms with Crippen LogP contribution in [0.25, 0.3) is 10.9 Å². The summed E-state index contributed by atoms with van der Waals surface area (Å²) in [4.78, 5) is 15.2. The molecule has 0 saturated carbocycles. The maximum atomic E-state index is 12.0. The molecule has 1 aromatic heterocycles. The van der Waals surface area contributed by atoms with Crippen molar-refractivity contribution in [2.45, 2.75) is 20.3 Å². The molecule has 15 heavy (non-hydrogen) atoms. The Labute approximate surface area is 96.5 Å². The highest BCUT2D eigenvalue weighted by atomic mass is 79.9. The summed E-state index contributed by atoms with van der Waals surface area (Å²) in [6, 6.07) is 5.97. The van der Waals surface area contributed by atoms with Crippen LogP contribution >= 0.6 is 15.9 Å². The van der Waals surface area contributed by atoms with Crippen LogP contribution in [0.1, 0.15) is 18.2 Å². The van der Waals surface area contributed by atoms with Crippen molar-refractivity contribution in [3.63, 3.8) is 0 Å². The summed E-state index contributed by atoms with van der Waals surface area (Å²) < 4.78 is 0.628. The monoisotopic (exact) mass is 265 g/mol. The lowest BCUT2D eigenvalue weighted by Gasteiger charge is -2.04. The van der Waals surface area contributed by atoms with Gasteiger partial charge in [-0.25, -0.2) is 0 Å². The van der Waals surface area contributed by atoms with E-state index in [2.05, 4.69) is 27.8 Å². The van der Waals surface area contributed by atoms with E-state index in [0.717, 1.165) is 23.0 Å². The van der Waals surface area contributed by atoms with Gasteiger partial charge in [-0.05, 0) is 47.0 Å². The highest BCUT2D eigenvalue weighted by Crippen LogP contribution is 2.16. The van der Waals surface area contributed by atoms with E-state index in [1.165, 1.54) is 5.56 Å². The third kappa shape index (κ3) is 1.72. The molecule has 0 amide bonds. The first-order chi connectivity index (χ1) is 7.13. The van der Waals surface area contributed by atoms with Crippen molar-refractivity contribution in [1.29, 1.82) is 0 Å². The van der Waals surface area contributed by atoms with Gasteiger partial charge in [0, 0.05) is 16.6 Å². The number of aromatic nitrogens is 1. The molecule has 0 saturated heterocycles. The molecule has 0 unspecified atom stereocenters. The number of hydrogen-bond donors (Lipinski definition) is 1. The lowest BCUT2D eigenvalue weighted by Crippen LogP contribution is -2.06. The molecule has 0 aliphatic heterocycles. The van der Waals surface area contributed by atoms with Gasteiger partial charge < -0.3 is 4.98 Å².